The highest BCUT2D eigenvalue weighted by molar-refractivity contribution is 6.02. The predicted octanol–water partition coefficient (Wildman–Crippen LogP) is 5.15. The Hall–Kier alpha value is -2.49. The Balaban J connectivity index is 1.50. The Morgan fingerprint density at radius 2 is 1.78 bits per heavy atom. The molecule has 0 spiro atoms. The molecule has 0 saturated heterocycles. The molecule has 1 saturated carbocycles. The van der Waals surface area contributed by atoms with Crippen LogP contribution in [0.15, 0.2) is 53.6 Å². The van der Waals surface area contributed by atoms with E-state index in [1.807, 2.05) is 12.1 Å². The minimum absolute atomic E-state index is 0.0564. The molecule has 5 rings (SSSR count). The second-order valence-electron chi connectivity index (χ2n) is 7.82. The monoisotopic (exact) mass is 362 g/mol. The number of methoxy groups -OCH3 is 1. The van der Waals surface area contributed by atoms with Crippen molar-refractivity contribution in [3.05, 3.63) is 59.7 Å². The maximum Gasteiger partial charge on any atom is 0.190 e. The van der Waals surface area contributed by atoms with E-state index < -0.39 is 0 Å². The fraction of sp³-hybridized carbons (Fsp3) is 0.435. The number of benzene rings is 2. The lowest BCUT2D eigenvalue weighted by Crippen LogP contribution is -2.45. The predicted molar refractivity (Wildman–Crippen MR) is 106 cm³/mol. The van der Waals surface area contributed by atoms with E-state index in [4.69, 9.17) is 14.6 Å². The zero-order valence-electron chi connectivity index (χ0n) is 15.8. The van der Waals surface area contributed by atoms with E-state index in [1.165, 1.54) is 43.2 Å². The molecule has 0 unspecified atom stereocenters. The fourth-order valence-corrected chi connectivity index (χ4v) is 4.75. The number of rotatable bonds is 3. The van der Waals surface area contributed by atoms with Gasteiger partial charge in [-0.25, -0.2) is 5.01 Å². The first-order chi connectivity index (χ1) is 13.3. The van der Waals surface area contributed by atoms with Crippen LogP contribution >= 0.6 is 0 Å². The van der Waals surface area contributed by atoms with Crippen molar-refractivity contribution in [1.82, 2.24) is 5.01 Å². The van der Waals surface area contributed by atoms with Gasteiger partial charge in [-0.15, -0.1) is 0 Å². The molecule has 0 amide bonds. The largest absolute Gasteiger partial charge is 0.497 e. The molecule has 1 aliphatic carbocycles. The standard InChI is InChI=1S/C23H26N2O2/c1-26-18-13-11-16(12-14-18)20-15-21-19-9-5-6-10-22(19)27-23(25(21)24-20)17-7-3-2-4-8-17/h5-6,9-14,17,21,23H,2-4,7-8,15H2,1H3/t21-,23-/m0/s1. The number of hydrogen-bond acceptors (Lipinski definition) is 4. The fourth-order valence-electron chi connectivity index (χ4n) is 4.75. The number of hydrogen-bond donors (Lipinski definition) is 0. The highest BCUT2D eigenvalue weighted by atomic mass is 16.5. The molecule has 140 valence electrons. The number of nitrogens with zero attached hydrogens (tertiary/aromatic N) is 2. The van der Waals surface area contributed by atoms with Gasteiger partial charge in [-0.05, 0) is 48.7 Å². The third kappa shape index (κ3) is 2.97. The number of fused-ring (bicyclic) bond motifs is 3. The molecular weight excluding hydrogens is 336 g/mol. The van der Waals surface area contributed by atoms with E-state index in [0.717, 1.165) is 23.6 Å². The lowest BCUT2D eigenvalue weighted by molar-refractivity contribution is -0.0643. The average Bonchev–Trinajstić information content (AvgIpc) is 3.19. The summed E-state index contributed by atoms with van der Waals surface area (Å²) in [5.74, 6) is 2.48. The highest BCUT2D eigenvalue weighted by Crippen LogP contribution is 2.46. The van der Waals surface area contributed by atoms with Crippen molar-refractivity contribution in [2.75, 3.05) is 7.11 Å². The van der Waals surface area contributed by atoms with Crippen molar-refractivity contribution in [3.8, 4) is 11.5 Å². The van der Waals surface area contributed by atoms with Gasteiger partial charge in [0, 0.05) is 17.9 Å². The molecule has 3 aliphatic rings. The molecule has 4 heteroatoms. The second-order valence-corrected chi connectivity index (χ2v) is 7.82. The van der Waals surface area contributed by atoms with Gasteiger partial charge in [0.05, 0.1) is 18.9 Å². The van der Waals surface area contributed by atoms with Gasteiger partial charge < -0.3 is 9.47 Å². The average molecular weight is 362 g/mol. The Bertz CT molecular complexity index is 840. The first kappa shape index (κ1) is 16.7. The van der Waals surface area contributed by atoms with Gasteiger partial charge in [0.2, 0.25) is 0 Å². The molecule has 0 N–H and O–H groups in total. The third-order valence-electron chi connectivity index (χ3n) is 6.21. The Kier molecular flexibility index (Phi) is 4.27. The summed E-state index contributed by atoms with van der Waals surface area (Å²) in [5.41, 5.74) is 3.57. The van der Waals surface area contributed by atoms with Gasteiger partial charge in [-0.1, -0.05) is 37.5 Å². The summed E-state index contributed by atoms with van der Waals surface area (Å²) >= 11 is 0. The topological polar surface area (TPSA) is 34.1 Å². The van der Waals surface area contributed by atoms with E-state index in [0.29, 0.717) is 5.92 Å². The van der Waals surface area contributed by atoms with Crippen LogP contribution in [0.25, 0.3) is 0 Å². The van der Waals surface area contributed by atoms with Gasteiger partial charge >= 0.3 is 0 Å². The van der Waals surface area contributed by atoms with Crippen LogP contribution in [-0.2, 0) is 0 Å². The van der Waals surface area contributed by atoms with Crippen LogP contribution in [0, 0.1) is 5.92 Å². The molecule has 0 aromatic heterocycles. The van der Waals surface area contributed by atoms with Gasteiger partial charge in [0.15, 0.2) is 6.23 Å². The lowest BCUT2D eigenvalue weighted by Gasteiger charge is -2.42. The summed E-state index contributed by atoms with van der Waals surface area (Å²) in [5, 5.41) is 7.34. The first-order valence-electron chi connectivity index (χ1n) is 10.1. The van der Waals surface area contributed by atoms with Gasteiger partial charge in [-0.2, -0.15) is 5.10 Å². The summed E-state index contributed by atoms with van der Waals surface area (Å²) in [7, 11) is 1.70. The van der Waals surface area contributed by atoms with Gasteiger partial charge in [-0.3, -0.25) is 0 Å². The number of ether oxygens (including phenoxy) is 2. The highest BCUT2D eigenvalue weighted by Gasteiger charge is 2.43. The summed E-state index contributed by atoms with van der Waals surface area (Å²) < 4.78 is 11.8. The van der Waals surface area contributed by atoms with Crippen LogP contribution in [-0.4, -0.2) is 24.1 Å². The first-order valence-corrected chi connectivity index (χ1v) is 10.1. The van der Waals surface area contributed by atoms with Gasteiger partial charge in [0.1, 0.15) is 11.5 Å². The summed E-state index contributed by atoms with van der Waals surface area (Å²) in [6, 6.07) is 17.0. The van der Waals surface area contributed by atoms with Crippen molar-refractivity contribution >= 4 is 5.71 Å². The molecule has 2 aromatic rings. The molecule has 0 bridgehead atoms. The minimum Gasteiger partial charge on any atom is -0.497 e. The maximum atomic E-state index is 6.50. The molecule has 2 aliphatic heterocycles. The molecule has 0 radical (unpaired) electrons. The second kappa shape index (κ2) is 6.91. The number of para-hydroxylation sites is 1. The SMILES string of the molecule is COc1ccc(C2=NN3[C@@H](C2)c2ccccc2O[C@H]3C2CCCCC2)cc1. The maximum absolute atomic E-state index is 6.50. The zero-order chi connectivity index (χ0) is 18.2. The summed E-state index contributed by atoms with van der Waals surface area (Å²) in [4.78, 5) is 0. The summed E-state index contributed by atoms with van der Waals surface area (Å²) in [6.45, 7) is 0. The molecular formula is C23H26N2O2. The van der Waals surface area contributed by atoms with Crippen molar-refractivity contribution < 1.29 is 9.47 Å². The van der Waals surface area contributed by atoms with E-state index >= 15 is 0 Å². The van der Waals surface area contributed by atoms with Crippen molar-refractivity contribution in [1.29, 1.82) is 0 Å². The van der Waals surface area contributed by atoms with Crippen molar-refractivity contribution in [3.63, 3.8) is 0 Å². The molecule has 27 heavy (non-hydrogen) atoms. The third-order valence-corrected chi connectivity index (χ3v) is 6.21. The Morgan fingerprint density at radius 1 is 1.00 bits per heavy atom. The lowest BCUT2D eigenvalue weighted by atomic mass is 9.86. The van der Waals surface area contributed by atoms with Crippen LogP contribution in [0.4, 0.5) is 0 Å². The van der Waals surface area contributed by atoms with E-state index in [2.05, 4.69) is 41.4 Å². The molecule has 4 nitrogen and oxygen atoms in total. The van der Waals surface area contributed by atoms with Crippen LogP contribution in [0.2, 0.25) is 0 Å². The van der Waals surface area contributed by atoms with Crippen molar-refractivity contribution in [2.45, 2.75) is 50.8 Å². The van der Waals surface area contributed by atoms with Crippen molar-refractivity contribution in [2.24, 2.45) is 11.0 Å². The van der Waals surface area contributed by atoms with E-state index in [-0.39, 0.29) is 12.3 Å². The quantitative estimate of drug-likeness (QED) is 0.758. The minimum atomic E-state index is 0.0564. The van der Waals surface area contributed by atoms with Crippen LogP contribution < -0.4 is 9.47 Å². The number of hydrazone groups is 1. The Morgan fingerprint density at radius 3 is 2.56 bits per heavy atom. The van der Waals surface area contributed by atoms with Crippen LogP contribution in [0.5, 0.6) is 11.5 Å². The van der Waals surface area contributed by atoms with E-state index in [1.54, 1.807) is 7.11 Å². The zero-order valence-corrected chi connectivity index (χ0v) is 15.8. The van der Waals surface area contributed by atoms with Crippen LogP contribution in [0.1, 0.15) is 55.7 Å². The normalized spacial score (nSPS) is 24.6. The molecule has 2 heterocycles. The molecule has 1 fully saturated rings. The van der Waals surface area contributed by atoms with E-state index in [9.17, 15) is 0 Å². The smallest absolute Gasteiger partial charge is 0.190 e. The summed E-state index contributed by atoms with van der Waals surface area (Å²) in [6.07, 6.45) is 7.42. The van der Waals surface area contributed by atoms with Crippen LogP contribution in [0.3, 0.4) is 0 Å². The molecule has 2 atom stereocenters. The van der Waals surface area contributed by atoms with Gasteiger partial charge in [0.25, 0.3) is 0 Å². The molecule has 2 aromatic carbocycles. The Labute approximate surface area is 160 Å².